The second-order valence-corrected chi connectivity index (χ2v) is 21.1. The zero-order chi connectivity index (χ0) is 48.8. The molecule has 9 heterocycles. The predicted octanol–water partition coefficient (Wildman–Crippen LogP) is 1.42. The molecule has 0 aliphatic carbocycles. The van der Waals surface area contributed by atoms with Gasteiger partial charge in [0.2, 0.25) is 35.4 Å². The molecule has 1 aromatic rings. The standard InChI is InChI=1S/C50H61N3O16/c1-5-48-14-10-32(67-48)35-38(48)45(61)52(42(35)58)23-47(3,4)18-27(2)13-17-51-41(57)36-33-11-15-49(68-33,39(36)44(51)60)24-63-19-30(55)21-65-26-66-22-31(56)20-64-25-50-16-12-34(69-50)37-40(50)46(62)53(43(37)59)28-6-8-29(54)9-7-28/h6-12,14-16,27,30-40,54-56H,5,13,17-26H2,1-4H3. The van der Waals surface area contributed by atoms with Crippen LogP contribution < -0.4 is 4.90 Å². The molecule has 0 radical (unpaired) electrons. The van der Waals surface area contributed by atoms with Crippen LogP contribution in [0, 0.1) is 46.8 Å². The number of fused-ring (bicyclic) bond motifs is 15. The molecule has 19 nitrogen and oxygen atoms in total. The molecular weight excluding hydrogens is 899 g/mol. The first-order valence-corrected chi connectivity index (χ1v) is 24.1. The lowest BCUT2D eigenvalue weighted by atomic mass is 9.76. The third-order valence-electron chi connectivity index (χ3n) is 15.7. The van der Waals surface area contributed by atoms with Gasteiger partial charge in [-0.1, -0.05) is 64.2 Å². The molecule has 9 aliphatic rings. The first-order chi connectivity index (χ1) is 32.9. The van der Waals surface area contributed by atoms with E-state index in [1.807, 2.05) is 32.9 Å². The summed E-state index contributed by atoms with van der Waals surface area (Å²) in [7, 11) is 0. The van der Waals surface area contributed by atoms with Gasteiger partial charge in [-0.15, -0.1) is 0 Å². The highest BCUT2D eigenvalue weighted by Crippen LogP contribution is 2.55. The summed E-state index contributed by atoms with van der Waals surface area (Å²) in [5, 5.41) is 30.8. The number of aromatic hydroxyl groups is 1. The van der Waals surface area contributed by atoms with Gasteiger partial charge in [0.25, 0.3) is 0 Å². The van der Waals surface area contributed by atoms with Gasteiger partial charge in [0.15, 0.2) is 0 Å². The first-order valence-electron chi connectivity index (χ1n) is 24.1. The van der Waals surface area contributed by atoms with Gasteiger partial charge in [0.1, 0.15) is 36.0 Å². The fourth-order valence-corrected chi connectivity index (χ4v) is 12.7. The molecule has 0 saturated carbocycles. The number of nitrogens with zero attached hydrogens (tertiary/aromatic N) is 3. The van der Waals surface area contributed by atoms with E-state index in [2.05, 4.69) is 6.92 Å². The summed E-state index contributed by atoms with van der Waals surface area (Å²) in [6.45, 7) is 7.56. The predicted molar refractivity (Wildman–Crippen MR) is 238 cm³/mol. The topological polar surface area (TPSA) is 237 Å². The normalized spacial score (nSPS) is 36.8. The van der Waals surface area contributed by atoms with Crippen LogP contribution in [0.5, 0.6) is 5.75 Å². The van der Waals surface area contributed by atoms with Crippen molar-refractivity contribution in [3.05, 3.63) is 60.7 Å². The molecule has 6 saturated heterocycles. The van der Waals surface area contributed by atoms with E-state index < -0.39 is 88.0 Å². The lowest BCUT2D eigenvalue weighted by Crippen LogP contribution is -2.45. The van der Waals surface area contributed by atoms with Crippen LogP contribution >= 0.6 is 0 Å². The Labute approximate surface area is 399 Å². The summed E-state index contributed by atoms with van der Waals surface area (Å²) in [5.41, 5.74) is -3.09. The summed E-state index contributed by atoms with van der Waals surface area (Å²) in [5.74, 6) is -5.58. The van der Waals surface area contributed by atoms with Gasteiger partial charge in [0.05, 0.1) is 105 Å². The molecule has 0 aromatic heterocycles. The minimum Gasteiger partial charge on any atom is -0.508 e. The Hall–Kier alpha value is -4.70. The molecule has 372 valence electrons. The van der Waals surface area contributed by atoms with Gasteiger partial charge < -0.3 is 48.5 Å². The number of hydrogen-bond acceptors (Lipinski definition) is 16. The number of carbonyl (C=O) groups is 6. The largest absolute Gasteiger partial charge is 0.508 e. The molecular formula is C50H61N3O16. The van der Waals surface area contributed by atoms with Crippen LogP contribution in [0.25, 0.3) is 0 Å². The number of phenols is 1. The van der Waals surface area contributed by atoms with E-state index in [0.29, 0.717) is 24.9 Å². The first kappa shape index (κ1) is 48.0. The van der Waals surface area contributed by atoms with E-state index in [-0.39, 0.29) is 107 Å². The molecule has 3 N–H and O–H groups in total. The number of aliphatic hydroxyl groups excluding tert-OH is 2. The third-order valence-corrected chi connectivity index (χ3v) is 15.7. The summed E-state index contributed by atoms with van der Waals surface area (Å²) in [6, 6.07) is 5.82. The minimum atomic E-state index is -1.17. The van der Waals surface area contributed by atoms with Gasteiger partial charge in [-0.3, -0.25) is 38.6 Å². The molecule has 6 bridgehead atoms. The number of rotatable bonds is 23. The Morgan fingerprint density at radius 2 is 1.10 bits per heavy atom. The second-order valence-electron chi connectivity index (χ2n) is 21.1. The maximum atomic E-state index is 13.9. The minimum absolute atomic E-state index is 0.0101. The number of imide groups is 3. The number of anilines is 1. The van der Waals surface area contributed by atoms with Crippen LogP contribution in [0.4, 0.5) is 5.69 Å². The van der Waals surface area contributed by atoms with E-state index in [1.165, 1.54) is 34.1 Å². The van der Waals surface area contributed by atoms with Crippen molar-refractivity contribution >= 4 is 41.1 Å². The van der Waals surface area contributed by atoms with Crippen molar-refractivity contribution < 1.29 is 77.2 Å². The van der Waals surface area contributed by atoms with Gasteiger partial charge in [-0.05, 0) is 54.9 Å². The highest BCUT2D eigenvalue weighted by Gasteiger charge is 2.70. The fourth-order valence-electron chi connectivity index (χ4n) is 12.7. The number of phenolic OH excluding ortho intramolecular Hbond substituents is 1. The molecule has 19 heteroatoms. The number of amides is 6. The molecule has 0 spiro atoms. The Bertz CT molecular complexity index is 2350. The average Bonchev–Trinajstić information content (AvgIpc) is 4.21. The lowest BCUT2D eigenvalue weighted by molar-refractivity contribution is -0.149. The monoisotopic (exact) mass is 959 g/mol. The van der Waals surface area contributed by atoms with E-state index >= 15 is 0 Å². The summed E-state index contributed by atoms with van der Waals surface area (Å²) in [4.78, 5) is 85.4. The van der Waals surface area contributed by atoms with Crippen molar-refractivity contribution in [1.82, 2.24) is 9.80 Å². The Kier molecular flexibility index (Phi) is 12.4. The van der Waals surface area contributed by atoms with Crippen LogP contribution in [0.15, 0.2) is 60.7 Å². The van der Waals surface area contributed by atoms with Crippen LogP contribution in [-0.2, 0) is 61.9 Å². The van der Waals surface area contributed by atoms with E-state index in [0.717, 1.165) is 4.90 Å². The highest BCUT2D eigenvalue weighted by atomic mass is 16.7. The quantitative estimate of drug-likeness (QED) is 0.0609. The van der Waals surface area contributed by atoms with E-state index in [1.54, 1.807) is 24.3 Å². The van der Waals surface area contributed by atoms with Gasteiger partial charge in [-0.2, -0.15) is 0 Å². The van der Waals surface area contributed by atoms with Crippen molar-refractivity contribution in [2.45, 2.75) is 94.3 Å². The van der Waals surface area contributed by atoms with Crippen molar-refractivity contribution in [3.8, 4) is 5.75 Å². The molecule has 15 unspecified atom stereocenters. The Morgan fingerprint density at radius 1 is 0.638 bits per heavy atom. The number of ether oxygens (including phenoxy) is 7. The van der Waals surface area contributed by atoms with E-state index in [4.69, 9.17) is 33.2 Å². The summed E-state index contributed by atoms with van der Waals surface area (Å²) < 4.78 is 40.9. The SMILES string of the molecule is CCC12C=CC(O1)C1C(=O)N(CC(C)(C)CC(C)CCN3C(=O)C4C5C=CC(COCC(O)COCOCC(O)COCC67C=CC(O6)C6C(=O)N(c8ccc(O)cc8)C(=O)C67)(O5)C4C3=O)C(=O)C12. The van der Waals surface area contributed by atoms with Crippen LogP contribution in [0.2, 0.25) is 0 Å². The highest BCUT2D eigenvalue weighted by molar-refractivity contribution is 6.23. The maximum absolute atomic E-state index is 13.9. The molecule has 15 atom stereocenters. The van der Waals surface area contributed by atoms with Crippen molar-refractivity contribution in [3.63, 3.8) is 0 Å². The summed E-state index contributed by atoms with van der Waals surface area (Å²) >= 11 is 0. The fraction of sp³-hybridized carbons (Fsp3) is 0.640. The number of carbonyl (C=O) groups excluding carboxylic acids is 6. The van der Waals surface area contributed by atoms with Crippen LogP contribution in [-0.4, -0.2) is 167 Å². The van der Waals surface area contributed by atoms with Gasteiger partial charge in [-0.25, -0.2) is 4.90 Å². The molecule has 1 aromatic carbocycles. The number of hydrogen-bond donors (Lipinski definition) is 3. The zero-order valence-corrected chi connectivity index (χ0v) is 39.2. The number of aliphatic hydroxyl groups is 2. The van der Waals surface area contributed by atoms with Crippen LogP contribution in [0.1, 0.15) is 47.0 Å². The zero-order valence-electron chi connectivity index (χ0n) is 39.2. The lowest BCUT2D eigenvalue weighted by Gasteiger charge is -2.33. The number of benzene rings is 1. The van der Waals surface area contributed by atoms with Gasteiger partial charge in [0, 0.05) is 13.1 Å². The van der Waals surface area contributed by atoms with Crippen molar-refractivity contribution in [2.75, 3.05) is 64.4 Å². The molecule has 9 aliphatic heterocycles. The molecule has 6 fully saturated rings. The second kappa shape index (κ2) is 17.9. The summed E-state index contributed by atoms with van der Waals surface area (Å²) in [6.07, 6.45) is 9.09. The maximum Gasteiger partial charge on any atom is 0.241 e. The van der Waals surface area contributed by atoms with Crippen molar-refractivity contribution in [1.29, 1.82) is 0 Å². The van der Waals surface area contributed by atoms with Crippen LogP contribution in [0.3, 0.4) is 0 Å². The Balaban J connectivity index is 0.620. The van der Waals surface area contributed by atoms with E-state index in [9.17, 15) is 44.1 Å². The smallest absolute Gasteiger partial charge is 0.241 e. The molecule has 10 rings (SSSR count). The Morgan fingerprint density at radius 3 is 1.67 bits per heavy atom. The van der Waals surface area contributed by atoms with Crippen molar-refractivity contribution in [2.24, 2.45) is 46.8 Å². The average molecular weight is 960 g/mol. The molecule has 69 heavy (non-hydrogen) atoms. The van der Waals surface area contributed by atoms with Gasteiger partial charge >= 0.3 is 0 Å². The molecule has 6 amide bonds. The third kappa shape index (κ3) is 8.01. The number of likely N-dealkylation sites (tertiary alicyclic amines) is 2.